The van der Waals surface area contributed by atoms with Crippen molar-refractivity contribution in [2.75, 3.05) is 0 Å². The van der Waals surface area contributed by atoms with Gasteiger partial charge in [0.2, 0.25) is 13.9 Å². The molecule has 0 fully saturated rings. The van der Waals surface area contributed by atoms with Crippen LogP contribution >= 0.6 is 0 Å². The molecule has 0 aromatic heterocycles. The Labute approximate surface area is 123 Å². The SMILES string of the molecule is CCC(C(=O)O[Si](C)(C)C)C(C#N)(C#N)O[Si](C)(C)C. The molecule has 0 spiro atoms. The summed E-state index contributed by atoms with van der Waals surface area (Å²) in [6.45, 7) is 13.1. The Morgan fingerprint density at radius 1 is 1.10 bits per heavy atom. The van der Waals surface area contributed by atoms with Gasteiger partial charge in [-0.25, -0.2) is 0 Å². The molecule has 0 heterocycles. The van der Waals surface area contributed by atoms with Crippen molar-refractivity contribution >= 4 is 22.6 Å². The first-order chi connectivity index (χ1) is 8.90. The van der Waals surface area contributed by atoms with E-state index in [1.807, 2.05) is 51.4 Å². The number of hydrogen-bond donors (Lipinski definition) is 0. The summed E-state index contributed by atoms with van der Waals surface area (Å²) < 4.78 is 11.2. The van der Waals surface area contributed by atoms with Crippen molar-refractivity contribution in [1.29, 1.82) is 10.5 Å². The van der Waals surface area contributed by atoms with Gasteiger partial charge in [-0.05, 0) is 45.7 Å². The fraction of sp³-hybridized carbons (Fsp3) is 0.769. The maximum atomic E-state index is 12.3. The van der Waals surface area contributed by atoms with Crippen LogP contribution < -0.4 is 0 Å². The van der Waals surface area contributed by atoms with Crippen molar-refractivity contribution in [3.8, 4) is 12.1 Å². The molecule has 0 saturated heterocycles. The number of nitrogens with zero attached hydrogens (tertiary/aromatic N) is 2. The highest BCUT2D eigenvalue weighted by Gasteiger charge is 2.48. The van der Waals surface area contributed by atoms with E-state index in [1.54, 1.807) is 6.92 Å². The van der Waals surface area contributed by atoms with Crippen LogP contribution in [-0.4, -0.2) is 28.2 Å². The number of carbonyl (C=O) groups excluding carboxylic acids is 1. The summed E-state index contributed by atoms with van der Waals surface area (Å²) >= 11 is 0. The largest absolute Gasteiger partial charge is 0.520 e. The van der Waals surface area contributed by atoms with Gasteiger partial charge in [-0.2, -0.15) is 10.5 Å². The zero-order valence-corrected chi connectivity index (χ0v) is 15.4. The first-order valence-electron chi connectivity index (χ1n) is 6.66. The van der Waals surface area contributed by atoms with Crippen LogP contribution in [0.1, 0.15) is 13.3 Å². The molecule has 0 aliphatic rings. The van der Waals surface area contributed by atoms with Crippen LogP contribution in [0.15, 0.2) is 0 Å². The molecule has 0 bridgehead atoms. The first kappa shape index (κ1) is 18.8. The molecule has 20 heavy (non-hydrogen) atoms. The van der Waals surface area contributed by atoms with Crippen LogP contribution in [0.5, 0.6) is 0 Å². The van der Waals surface area contributed by atoms with Crippen LogP contribution in [0.4, 0.5) is 0 Å². The summed E-state index contributed by atoms with van der Waals surface area (Å²) in [7, 11) is -4.23. The van der Waals surface area contributed by atoms with Crippen molar-refractivity contribution in [2.45, 2.75) is 58.2 Å². The van der Waals surface area contributed by atoms with Crippen molar-refractivity contribution in [1.82, 2.24) is 0 Å². The maximum absolute atomic E-state index is 12.3. The van der Waals surface area contributed by atoms with Gasteiger partial charge < -0.3 is 8.85 Å². The van der Waals surface area contributed by atoms with Gasteiger partial charge in [0.15, 0.2) is 8.32 Å². The third-order valence-corrected chi connectivity index (χ3v) is 4.14. The Morgan fingerprint density at radius 3 is 1.80 bits per heavy atom. The van der Waals surface area contributed by atoms with Crippen molar-refractivity contribution in [2.24, 2.45) is 5.92 Å². The highest BCUT2D eigenvalue weighted by molar-refractivity contribution is 6.71. The van der Waals surface area contributed by atoms with Gasteiger partial charge in [-0.3, -0.25) is 4.79 Å². The van der Waals surface area contributed by atoms with E-state index in [1.165, 1.54) is 0 Å². The highest BCUT2D eigenvalue weighted by atomic mass is 28.4. The number of carbonyl (C=O) groups is 1. The summed E-state index contributed by atoms with van der Waals surface area (Å²) in [6.07, 6.45) is 0.328. The molecule has 0 rings (SSSR count). The number of nitriles is 2. The minimum atomic E-state index is -2.16. The smallest absolute Gasteiger partial charge is 0.300 e. The molecule has 0 aromatic rings. The third-order valence-electron chi connectivity index (χ3n) is 2.39. The normalized spacial score (nSPS) is 14.1. The van der Waals surface area contributed by atoms with Gasteiger partial charge in [0, 0.05) is 0 Å². The fourth-order valence-electron chi connectivity index (χ4n) is 1.77. The molecule has 1 unspecified atom stereocenters. The van der Waals surface area contributed by atoms with Gasteiger partial charge in [0.1, 0.15) is 18.1 Å². The van der Waals surface area contributed by atoms with E-state index in [2.05, 4.69) is 0 Å². The van der Waals surface area contributed by atoms with E-state index in [-0.39, 0.29) is 0 Å². The van der Waals surface area contributed by atoms with Gasteiger partial charge in [-0.15, -0.1) is 0 Å². The van der Waals surface area contributed by atoms with E-state index in [0.29, 0.717) is 6.42 Å². The van der Waals surface area contributed by atoms with Crippen LogP contribution in [-0.2, 0) is 13.6 Å². The molecule has 0 N–H and O–H groups in total. The topological polar surface area (TPSA) is 83.1 Å². The van der Waals surface area contributed by atoms with Gasteiger partial charge in [0.25, 0.3) is 0 Å². The van der Waals surface area contributed by atoms with E-state index < -0.39 is 34.1 Å². The molecule has 0 aromatic carbocycles. The lowest BCUT2D eigenvalue weighted by molar-refractivity contribution is -0.144. The zero-order valence-electron chi connectivity index (χ0n) is 13.4. The molecule has 0 amide bonds. The minimum absolute atomic E-state index is 0.328. The summed E-state index contributed by atoms with van der Waals surface area (Å²) in [5.74, 6) is -1.39. The van der Waals surface area contributed by atoms with E-state index in [4.69, 9.17) is 8.85 Å². The standard InChI is InChI=1S/C13H24N2O3Si2/c1-8-11(12(16)17-19(2,3)4)13(9-14,10-15)18-20(5,6)7/h11H,8H2,1-7H3. The summed E-state index contributed by atoms with van der Waals surface area (Å²) in [5, 5.41) is 18.8. The molecule has 5 nitrogen and oxygen atoms in total. The second-order valence-corrected chi connectivity index (χ2v) is 15.5. The van der Waals surface area contributed by atoms with Crippen molar-refractivity contribution < 1.29 is 13.6 Å². The molecular weight excluding hydrogens is 288 g/mol. The van der Waals surface area contributed by atoms with Crippen molar-refractivity contribution in [3.63, 3.8) is 0 Å². The fourth-order valence-corrected chi connectivity index (χ4v) is 3.72. The van der Waals surface area contributed by atoms with Crippen LogP contribution in [0.25, 0.3) is 0 Å². The maximum Gasteiger partial charge on any atom is 0.300 e. The molecule has 0 radical (unpaired) electrons. The monoisotopic (exact) mass is 312 g/mol. The van der Waals surface area contributed by atoms with E-state index >= 15 is 0 Å². The van der Waals surface area contributed by atoms with Gasteiger partial charge in [0.05, 0.1) is 0 Å². The molecule has 0 aliphatic heterocycles. The predicted octanol–water partition coefficient (Wildman–Crippen LogP) is 3.03. The first-order valence-corrected chi connectivity index (χ1v) is 13.5. The average molecular weight is 313 g/mol. The second kappa shape index (κ2) is 6.53. The molecular formula is C13H24N2O3Si2. The summed E-state index contributed by atoms with van der Waals surface area (Å²) in [4.78, 5) is 12.3. The quantitative estimate of drug-likeness (QED) is 0.704. The Bertz CT molecular complexity index is 424. The van der Waals surface area contributed by atoms with Gasteiger partial charge >= 0.3 is 5.97 Å². The van der Waals surface area contributed by atoms with Gasteiger partial charge in [-0.1, -0.05) is 6.92 Å². The second-order valence-electron chi connectivity index (χ2n) is 6.67. The molecule has 7 heteroatoms. The van der Waals surface area contributed by atoms with Crippen molar-refractivity contribution in [3.05, 3.63) is 0 Å². The Kier molecular flexibility index (Phi) is 6.15. The van der Waals surface area contributed by atoms with Crippen LogP contribution in [0.3, 0.4) is 0 Å². The molecule has 0 saturated carbocycles. The molecule has 0 aliphatic carbocycles. The Morgan fingerprint density at radius 2 is 1.55 bits per heavy atom. The van der Waals surface area contributed by atoms with E-state index in [9.17, 15) is 15.3 Å². The van der Waals surface area contributed by atoms with Crippen LogP contribution in [0.2, 0.25) is 39.3 Å². The predicted molar refractivity (Wildman–Crippen MR) is 81.6 cm³/mol. The minimum Gasteiger partial charge on any atom is -0.520 e. The Hall–Kier alpha value is -1.16. The number of hydrogen-bond acceptors (Lipinski definition) is 5. The summed E-state index contributed by atoms with van der Waals surface area (Å²) in [6, 6.07) is 3.81. The lowest BCUT2D eigenvalue weighted by atomic mass is 9.88. The highest BCUT2D eigenvalue weighted by Crippen LogP contribution is 2.30. The number of rotatable bonds is 6. The van der Waals surface area contributed by atoms with E-state index in [0.717, 1.165) is 0 Å². The lowest BCUT2D eigenvalue weighted by Crippen LogP contribution is -2.50. The molecule has 112 valence electrons. The molecule has 1 atom stereocenters. The zero-order chi connectivity index (χ0) is 16.2. The Balaban J connectivity index is 5.50. The lowest BCUT2D eigenvalue weighted by Gasteiger charge is -2.34. The third kappa shape index (κ3) is 5.45. The summed E-state index contributed by atoms with van der Waals surface area (Å²) in [5.41, 5.74) is -1.75. The average Bonchev–Trinajstić information content (AvgIpc) is 2.24. The van der Waals surface area contributed by atoms with Crippen LogP contribution in [0, 0.1) is 28.6 Å².